The van der Waals surface area contributed by atoms with Crippen molar-refractivity contribution in [3.63, 3.8) is 0 Å². The molecule has 3 heterocycles. The molecule has 1 aliphatic heterocycles. The molecule has 1 unspecified atom stereocenters. The minimum atomic E-state index is 0.114. The Morgan fingerprint density at radius 2 is 2.04 bits per heavy atom. The minimum Gasteiger partial charge on any atom is -0.336 e. The average Bonchev–Trinajstić information content (AvgIpc) is 3.10. The normalized spacial score (nSPS) is 17.5. The van der Waals surface area contributed by atoms with Gasteiger partial charge in [0.1, 0.15) is 0 Å². The predicted octanol–water partition coefficient (Wildman–Crippen LogP) is 4.27. The Labute approximate surface area is 160 Å². The third-order valence-electron chi connectivity index (χ3n) is 5.80. The molecule has 0 spiro atoms. The van der Waals surface area contributed by atoms with E-state index in [1.165, 1.54) is 12.0 Å². The second-order valence-electron chi connectivity index (χ2n) is 7.70. The molecule has 0 saturated carbocycles. The average molecular weight is 362 g/mol. The van der Waals surface area contributed by atoms with E-state index in [2.05, 4.69) is 31.9 Å². The van der Waals surface area contributed by atoms with E-state index in [1.54, 1.807) is 10.9 Å². The number of hydrogen-bond acceptors (Lipinski definition) is 3. The van der Waals surface area contributed by atoms with Crippen molar-refractivity contribution in [3.05, 3.63) is 47.3 Å². The SMILES string of the molecule is Cc1ccc2c(C(=O)N3CCCCC3C)cc(-c3cnn(C)c3)nc2c1C. The largest absolute Gasteiger partial charge is 0.336 e. The van der Waals surface area contributed by atoms with Crippen LogP contribution in [0, 0.1) is 13.8 Å². The van der Waals surface area contributed by atoms with E-state index >= 15 is 0 Å². The second kappa shape index (κ2) is 6.80. The van der Waals surface area contributed by atoms with E-state index in [1.807, 2.05) is 30.3 Å². The molecule has 1 amide bonds. The Balaban J connectivity index is 1.92. The highest BCUT2D eigenvalue weighted by atomic mass is 16.2. The van der Waals surface area contributed by atoms with Gasteiger partial charge in [0.2, 0.25) is 0 Å². The lowest BCUT2D eigenvalue weighted by Gasteiger charge is -2.33. The van der Waals surface area contributed by atoms with Crippen molar-refractivity contribution in [1.82, 2.24) is 19.7 Å². The highest BCUT2D eigenvalue weighted by molar-refractivity contribution is 6.08. The molecule has 1 atom stereocenters. The molecule has 2 aromatic heterocycles. The first-order valence-corrected chi connectivity index (χ1v) is 9.66. The Morgan fingerprint density at radius 3 is 2.74 bits per heavy atom. The summed E-state index contributed by atoms with van der Waals surface area (Å²) in [6.45, 7) is 7.14. The van der Waals surface area contributed by atoms with Crippen LogP contribution in [0.25, 0.3) is 22.2 Å². The first-order chi connectivity index (χ1) is 13.0. The molecule has 140 valence electrons. The second-order valence-corrected chi connectivity index (χ2v) is 7.70. The third kappa shape index (κ3) is 3.11. The molecule has 0 bridgehead atoms. The number of benzene rings is 1. The molecule has 4 rings (SSSR count). The Bertz CT molecular complexity index is 1020. The molecular weight excluding hydrogens is 336 g/mol. The van der Waals surface area contributed by atoms with E-state index in [0.717, 1.165) is 52.7 Å². The number of aryl methyl sites for hydroxylation is 3. The van der Waals surface area contributed by atoms with Gasteiger partial charge in [-0.2, -0.15) is 5.10 Å². The Kier molecular flexibility index (Phi) is 4.46. The van der Waals surface area contributed by atoms with Crippen molar-refractivity contribution in [2.45, 2.75) is 46.1 Å². The van der Waals surface area contributed by atoms with Crippen LogP contribution >= 0.6 is 0 Å². The van der Waals surface area contributed by atoms with Gasteiger partial charge in [-0.3, -0.25) is 9.48 Å². The van der Waals surface area contributed by atoms with Crippen LogP contribution in [0.4, 0.5) is 0 Å². The summed E-state index contributed by atoms with van der Waals surface area (Å²) in [5.74, 6) is 0.114. The number of carbonyl (C=O) groups is 1. The topological polar surface area (TPSA) is 51.0 Å². The van der Waals surface area contributed by atoms with Gasteiger partial charge < -0.3 is 4.90 Å². The molecule has 0 radical (unpaired) electrons. The molecule has 27 heavy (non-hydrogen) atoms. The fourth-order valence-corrected chi connectivity index (χ4v) is 3.96. The molecule has 1 saturated heterocycles. The maximum atomic E-state index is 13.5. The van der Waals surface area contributed by atoms with Gasteiger partial charge in [0, 0.05) is 36.8 Å². The number of rotatable bonds is 2. The Hall–Kier alpha value is -2.69. The zero-order chi connectivity index (χ0) is 19.1. The third-order valence-corrected chi connectivity index (χ3v) is 5.80. The van der Waals surface area contributed by atoms with Gasteiger partial charge in [0.05, 0.1) is 23.0 Å². The standard InChI is InChI=1S/C22H26N4O/c1-14-8-9-18-19(22(27)26-10-6-5-7-15(26)2)11-20(24-21(18)16(14)3)17-12-23-25(4)13-17/h8-9,11-13,15H,5-7,10H2,1-4H3. The highest BCUT2D eigenvalue weighted by Crippen LogP contribution is 2.30. The van der Waals surface area contributed by atoms with Crippen molar-refractivity contribution in [1.29, 1.82) is 0 Å². The molecular formula is C22H26N4O. The zero-order valence-corrected chi connectivity index (χ0v) is 16.5. The van der Waals surface area contributed by atoms with Gasteiger partial charge in [-0.15, -0.1) is 0 Å². The van der Waals surface area contributed by atoms with Crippen LogP contribution in [-0.4, -0.2) is 38.2 Å². The number of likely N-dealkylation sites (tertiary alicyclic amines) is 1. The fourth-order valence-electron chi connectivity index (χ4n) is 3.96. The van der Waals surface area contributed by atoms with Crippen LogP contribution in [-0.2, 0) is 7.05 Å². The summed E-state index contributed by atoms with van der Waals surface area (Å²) in [5, 5.41) is 5.21. The fraction of sp³-hybridized carbons (Fsp3) is 0.409. The summed E-state index contributed by atoms with van der Waals surface area (Å²) in [7, 11) is 1.89. The van der Waals surface area contributed by atoms with Gasteiger partial charge in [-0.1, -0.05) is 12.1 Å². The number of aromatic nitrogens is 3. The molecule has 1 aromatic carbocycles. The molecule has 0 N–H and O–H groups in total. The van der Waals surface area contributed by atoms with E-state index in [-0.39, 0.29) is 11.9 Å². The van der Waals surface area contributed by atoms with E-state index < -0.39 is 0 Å². The zero-order valence-electron chi connectivity index (χ0n) is 16.5. The molecule has 1 fully saturated rings. The lowest BCUT2D eigenvalue weighted by atomic mass is 9.97. The van der Waals surface area contributed by atoms with Gasteiger partial charge in [-0.05, 0) is 57.2 Å². The van der Waals surface area contributed by atoms with Crippen molar-refractivity contribution < 1.29 is 4.79 Å². The predicted molar refractivity (Wildman–Crippen MR) is 108 cm³/mol. The van der Waals surface area contributed by atoms with Crippen LogP contribution in [0.2, 0.25) is 0 Å². The van der Waals surface area contributed by atoms with Gasteiger partial charge in [0.25, 0.3) is 5.91 Å². The molecule has 5 heteroatoms. The summed E-state index contributed by atoms with van der Waals surface area (Å²) < 4.78 is 1.76. The van der Waals surface area contributed by atoms with Gasteiger partial charge in [-0.25, -0.2) is 4.98 Å². The lowest BCUT2D eigenvalue weighted by molar-refractivity contribution is 0.0637. The quantitative estimate of drug-likeness (QED) is 0.684. The van der Waals surface area contributed by atoms with Crippen LogP contribution in [0.3, 0.4) is 0 Å². The number of carbonyl (C=O) groups excluding carboxylic acids is 1. The van der Waals surface area contributed by atoms with Crippen molar-refractivity contribution in [2.75, 3.05) is 6.54 Å². The summed E-state index contributed by atoms with van der Waals surface area (Å²) in [6.07, 6.45) is 7.09. The van der Waals surface area contributed by atoms with E-state index in [4.69, 9.17) is 4.98 Å². The maximum absolute atomic E-state index is 13.5. The summed E-state index contributed by atoms with van der Waals surface area (Å²) >= 11 is 0. The van der Waals surface area contributed by atoms with Crippen LogP contribution in [0.1, 0.15) is 47.7 Å². The number of nitrogens with zero attached hydrogens (tertiary/aromatic N) is 4. The molecule has 5 nitrogen and oxygen atoms in total. The number of hydrogen-bond donors (Lipinski definition) is 0. The number of amides is 1. The number of piperidine rings is 1. The highest BCUT2D eigenvalue weighted by Gasteiger charge is 2.26. The van der Waals surface area contributed by atoms with Gasteiger partial charge >= 0.3 is 0 Å². The van der Waals surface area contributed by atoms with E-state index in [0.29, 0.717) is 0 Å². The Morgan fingerprint density at radius 1 is 1.22 bits per heavy atom. The van der Waals surface area contributed by atoms with E-state index in [9.17, 15) is 4.79 Å². The smallest absolute Gasteiger partial charge is 0.254 e. The minimum absolute atomic E-state index is 0.114. The van der Waals surface area contributed by atoms with Crippen LogP contribution in [0.15, 0.2) is 30.6 Å². The van der Waals surface area contributed by atoms with Gasteiger partial charge in [0.15, 0.2) is 0 Å². The molecule has 1 aliphatic rings. The summed E-state index contributed by atoms with van der Waals surface area (Å²) in [6, 6.07) is 6.35. The monoisotopic (exact) mass is 362 g/mol. The number of pyridine rings is 1. The number of fused-ring (bicyclic) bond motifs is 1. The van der Waals surface area contributed by atoms with Crippen LogP contribution < -0.4 is 0 Å². The molecule has 0 aliphatic carbocycles. The lowest BCUT2D eigenvalue weighted by Crippen LogP contribution is -2.42. The summed E-state index contributed by atoms with van der Waals surface area (Å²) in [5.41, 5.74) is 5.69. The van der Waals surface area contributed by atoms with Crippen molar-refractivity contribution >= 4 is 16.8 Å². The maximum Gasteiger partial charge on any atom is 0.254 e. The van der Waals surface area contributed by atoms with Crippen molar-refractivity contribution in [3.8, 4) is 11.3 Å². The first kappa shape index (κ1) is 17.7. The van der Waals surface area contributed by atoms with Crippen LogP contribution in [0.5, 0.6) is 0 Å². The summed E-state index contributed by atoms with van der Waals surface area (Å²) in [4.78, 5) is 20.4. The first-order valence-electron chi connectivity index (χ1n) is 9.66. The van der Waals surface area contributed by atoms with Crippen molar-refractivity contribution in [2.24, 2.45) is 7.05 Å². The molecule has 3 aromatic rings.